The second-order valence-corrected chi connectivity index (χ2v) is 5.51. The average molecular weight is 294 g/mol. The zero-order valence-electron chi connectivity index (χ0n) is 12.3. The molecule has 22 heavy (non-hydrogen) atoms. The molecule has 0 atom stereocenters. The number of rotatable bonds is 3. The third-order valence-corrected chi connectivity index (χ3v) is 3.91. The van der Waals surface area contributed by atoms with E-state index in [-0.39, 0.29) is 0 Å². The number of nitrogens with one attached hydrogen (secondary N) is 1. The molecule has 1 aliphatic rings. The van der Waals surface area contributed by atoms with Crippen LogP contribution in [0.15, 0.2) is 43.0 Å². The fourth-order valence-corrected chi connectivity index (χ4v) is 2.83. The molecule has 0 spiro atoms. The molecule has 0 saturated heterocycles. The van der Waals surface area contributed by atoms with E-state index in [4.69, 9.17) is 5.10 Å². The van der Waals surface area contributed by atoms with Gasteiger partial charge in [0.1, 0.15) is 5.69 Å². The van der Waals surface area contributed by atoms with E-state index in [1.54, 1.807) is 6.20 Å². The van der Waals surface area contributed by atoms with Crippen molar-refractivity contribution in [3.63, 3.8) is 0 Å². The lowest BCUT2D eigenvalue weighted by atomic mass is 10.2. The van der Waals surface area contributed by atoms with E-state index < -0.39 is 0 Å². The summed E-state index contributed by atoms with van der Waals surface area (Å²) >= 11 is 0. The van der Waals surface area contributed by atoms with Crippen molar-refractivity contribution in [3.8, 4) is 11.5 Å². The Labute approximate surface area is 128 Å². The minimum absolute atomic E-state index is 0.754. The van der Waals surface area contributed by atoms with Gasteiger partial charge in [0, 0.05) is 37.9 Å². The maximum Gasteiger partial charge on any atom is 0.160 e. The van der Waals surface area contributed by atoms with Gasteiger partial charge in [0.25, 0.3) is 0 Å². The van der Waals surface area contributed by atoms with Crippen LogP contribution < -0.4 is 5.32 Å². The molecular formula is C16H18N6. The molecule has 6 nitrogen and oxygen atoms in total. The Bertz CT molecular complexity index is 735. The topological polar surface area (TPSA) is 60.6 Å². The van der Waals surface area contributed by atoms with Crippen molar-refractivity contribution in [1.82, 2.24) is 29.6 Å². The molecule has 0 fully saturated rings. The largest absolute Gasteiger partial charge is 0.325 e. The summed E-state index contributed by atoms with van der Waals surface area (Å²) in [6.07, 6.45) is 8.60. The second-order valence-electron chi connectivity index (χ2n) is 5.51. The number of hydrogen-bond donors (Lipinski definition) is 1. The summed E-state index contributed by atoms with van der Waals surface area (Å²) < 4.78 is 4.21. The Morgan fingerprint density at radius 1 is 1.27 bits per heavy atom. The number of hydrogen-bond acceptors (Lipinski definition) is 4. The average Bonchev–Trinajstić information content (AvgIpc) is 3.10. The fourth-order valence-electron chi connectivity index (χ4n) is 2.83. The molecule has 1 aliphatic heterocycles. The lowest BCUT2D eigenvalue weighted by molar-refractivity contribution is 0.588. The number of fused-ring (bicyclic) bond motifs is 1. The van der Waals surface area contributed by atoms with Gasteiger partial charge < -0.3 is 9.88 Å². The van der Waals surface area contributed by atoms with Gasteiger partial charge in [-0.25, -0.2) is 4.98 Å². The first-order chi connectivity index (χ1) is 10.9. The molecule has 0 aromatic carbocycles. The van der Waals surface area contributed by atoms with Gasteiger partial charge in [-0.1, -0.05) is 6.07 Å². The quantitative estimate of drug-likeness (QED) is 0.798. The predicted octanol–water partition coefficient (Wildman–Crippen LogP) is 1.68. The maximum absolute atomic E-state index is 4.73. The SMILES string of the molecule is c1cncc(Cn2ccnc2-c2cc3n(n2)CCCNC3)c1. The standard InChI is InChI=1S/C16H18N6/c1-3-13(10-17-4-1)12-21-8-6-19-16(21)15-9-14-11-18-5-2-7-22(14)20-15/h1,3-4,6,8-10,18H,2,5,7,11-12H2. The zero-order chi connectivity index (χ0) is 14.8. The van der Waals surface area contributed by atoms with E-state index >= 15 is 0 Å². The number of aromatic nitrogens is 5. The first-order valence-corrected chi connectivity index (χ1v) is 7.58. The van der Waals surface area contributed by atoms with Crippen LogP contribution in [0.3, 0.4) is 0 Å². The molecular weight excluding hydrogens is 276 g/mol. The van der Waals surface area contributed by atoms with Crippen LogP contribution in [0.4, 0.5) is 0 Å². The van der Waals surface area contributed by atoms with Gasteiger partial charge in [0.05, 0.1) is 12.2 Å². The van der Waals surface area contributed by atoms with E-state index in [9.17, 15) is 0 Å². The number of imidazole rings is 1. The Morgan fingerprint density at radius 2 is 2.27 bits per heavy atom. The van der Waals surface area contributed by atoms with Crippen molar-refractivity contribution in [1.29, 1.82) is 0 Å². The lowest BCUT2D eigenvalue weighted by Gasteiger charge is -2.06. The van der Waals surface area contributed by atoms with Crippen molar-refractivity contribution in [2.24, 2.45) is 0 Å². The van der Waals surface area contributed by atoms with Gasteiger partial charge in [-0.3, -0.25) is 9.67 Å². The monoisotopic (exact) mass is 294 g/mol. The number of nitrogens with zero attached hydrogens (tertiary/aromatic N) is 5. The molecule has 0 radical (unpaired) electrons. The highest BCUT2D eigenvalue weighted by Crippen LogP contribution is 2.20. The van der Waals surface area contributed by atoms with E-state index in [1.807, 2.05) is 24.7 Å². The van der Waals surface area contributed by atoms with Crippen LogP contribution in [0.5, 0.6) is 0 Å². The highest BCUT2D eigenvalue weighted by atomic mass is 15.3. The first-order valence-electron chi connectivity index (χ1n) is 7.58. The van der Waals surface area contributed by atoms with E-state index in [1.165, 1.54) is 5.69 Å². The molecule has 0 bridgehead atoms. The van der Waals surface area contributed by atoms with Crippen molar-refractivity contribution in [2.45, 2.75) is 26.1 Å². The first kappa shape index (κ1) is 13.2. The second kappa shape index (κ2) is 5.73. The summed E-state index contributed by atoms with van der Waals surface area (Å²) in [5.74, 6) is 0.907. The molecule has 0 amide bonds. The van der Waals surface area contributed by atoms with Crippen LogP contribution in [-0.2, 0) is 19.6 Å². The Kier molecular flexibility index (Phi) is 3.44. The van der Waals surface area contributed by atoms with Crippen LogP contribution in [0.2, 0.25) is 0 Å². The van der Waals surface area contributed by atoms with Crippen molar-refractivity contribution >= 4 is 0 Å². The van der Waals surface area contributed by atoms with Crippen LogP contribution >= 0.6 is 0 Å². The van der Waals surface area contributed by atoms with Gasteiger partial charge >= 0.3 is 0 Å². The van der Waals surface area contributed by atoms with Crippen molar-refractivity contribution in [2.75, 3.05) is 6.54 Å². The summed E-state index contributed by atoms with van der Waals surface area (Å²) in [5.41, 5.74) is 3.32. The number of aryl methyl sites for hydroxylation is 1. The molecule has 112 valence electrons. The molecule has 0 aliphatic carbocycles. The van der Waals surface area contributed by atoms with Gasteiger partial charge in [-0.05, 0) is 30.7 Å². The van der Waals surface area contributed by atoms with E-state index in [0.29, 0.717) is 0 Å². The highest BCUT2D eigenvalue weighted by molar-refractivity contribution is 5.50. The minimum Gasteiger partial charge on any atom is -0.325 e. The third-order valence-electron chi connectivity index (χ3n) is 3.91. The number of pyridine rings is 1. The summed E-state index contributed by atoms with van der Waals surface area (Å²) in [4.78, 5) is 8.67. The van der Waals surface area contributed by atoms with Gasteiger partial charge in [-0.2, -0.15) is 5.10 Å². The summed E-state index contributed by atoms with van der Waals surface area (Å²) in [6, 6.07) is 6.17. The molecule has 0 unspecified atom stereocenters. The maximum atomic E-state index is 4.73. The van der Waals surface area contributed by atoms with Crippen LogP contribution in [0.1, 0.15) is 17.7 Å². The van der Waals surface area contributed by atoms with Crippen LogP contribution in [0, 0.1) is 0 Å². The lowest BCUT2D eigenvalue weighted by Crippen LogP contribution is -2.11. The van der Waals surface area contributed by atoms with Gasteiger partial charge in [0.15, 0.2) is 5.82 Å². The molecule has 1 N–H and O–H groups in total. The van der Waals surface area contributed by atoms with Crippen LogP contribution in [-0.4, -0.2) is 30.9 Å². The predicted molar refractivity (Wildman–Crippen MR) is 83.1 cm³/mol. The van der Waals surface area contributed by atoms with Crippen molar-refractivity contribution < 1.29 is 0 Å². The fraction of sp³-hybridized carbons (Fsp3) is 0.312. The molecule has 4 heterocycles. The summed E-state index contributed by atoms with van der Waals surface area (Å²) in [6.45, 7) is 3.64. The molecule has 0 saturated carbocycles. The zero-order valence-corrected chi connectivity index (χ0v) is 12.3. The highest BCUT2D eigenvalue weighted by Gasteiger charge is 2.15. The minimum atomic E-state index is 0.754. The van der Waals surface area contributed by atoms with E-state index in [0.717, 1.165) is 49.7 Å². The smallest absolute Gasteiger partial charge is 0.160 e. The molecule has 6 heteroatoms. The summed E-state index contributed by atoms with van der Waals surface area (Å²) in [5, 5.41) is 8.15. The Morgan fingerprint density at radius 3 is 3.18 bits per heavy atom. The van der Waals surface area contributed by atoms with E-state index in [2.05, 4.69) is 36.7 Å². The Balaban J connectivity index is 1.65. The van der Waals surface area contributed by atoms with Gasteiger partial charge in [-0.15, -0.1) is 0 Å². The normalized spacial score (nSPS) is 14.5. The van der Waals surface area contributed by atoms with Crippen molar-refractivity contribution in [3.05, 3.63) is 54.2 Å². The molecule has 4 rings (SSSR count). The van der Waals surface area contributed by atoms with Crippen LogP contribution in [0.25, 0.3) is 11.5 Å². The summed E-state index contributed by atoms with van der Waals surface area (Å²) in [7, 11) is 0. The molecule has 3 aromatic rings. The molecule has 3 aromatic heterocycles. The van der Waals surface area contributed by atoms with Gasteiger partial charge in [0.2, 0.25) is 0 Å². The Hall–Kier alpha value is -2.47. The third kappa shape index (κ3) is 2.53.